The Hall–Kier alpha value is 0.960. The highest BCUT2D eigenvalue weighted by Gasteiger charge is 2.31. The molecule has 2 aliphatic heterocycles. The molecule has 0 fully saturated rings. The van der Waals surface area contributed by atoms with Crippen LogP contribution in [0.1, 0.15) is 194 Å². The second-order valence-electron chi connectivity index (χ2n) is 14.8. The third-order valence-electron chi connectivity index (χ3n) is 9.80. The summed E-state index contributed by atoms with van der Waals surface area (Å²) < 4.78 is 17.7. The van der Waals surface area contributed by atoms with Crippen molar-refractivity contribution in [2.75, 3.05) is 37.2 Å². The van der Waals surface area contributed by atoms with Crippen LogP contribution in [0.3, 0.4) is 0 Å². The van der Waals surface area contributed by atoms with E-state index in [1.807, 2.05) is 70.6 Å². The summed E-state index contributed by atoms with van der Waals surface area (Å²) in [6.07, 6.45) is 38.6. The summed E-state index contributed by atoms with van der Waals surface area (Å²) in [6, 6.07) is 0. The lowest BCUT2D eigenvalue weighted by Crippen LogP contribution is -2.02. The summed E-state index contributed by atoms with van der Waals surface area (Å²) >= 11 is 14.5. The highest BCUT2D eigenvalue weighted by molar-refractivity contribution is 8.45. The van der Waals surface area contributed by atoms with Crippen LogP contribution in [0.4, 0.5) is 0 Å². The number of hydrogen-bond acceptors (Lipinski definition) is 12. The van der Waals surface area contributed by atoms with Gasteiger partial charge < -0.3 is 9.47 Å². The molecule has 0 saturated heterocycles. The van der Waals surface area contributed by atoms with Crippen LogP contribution in [0.25, 0.3) is 0 Å². The molecular weight excluding hydrogens is 849 g/mol. The van der Waals surface area contributed by atoms with E-state index in [9.17, 15) is 9.59 Å². The second kappa shape index (κ2) is 37.7. The Bertz CT molecular complexity index is 1060. The summed E-state index contributed by atoms with van der Waals surface area (Å²) in [7, 11) is 2.94. The van der Waals surface area contributed by atoms with Gasteiger partial charge in [0, 0.05) is 0 Å². The van der Waals surface area contributed by atoms with E-state index in [1.165, 1.54) is 219 Å². The van der Waals surface area contributed by atoms with Crippen LogP contribution >= 0.6 is 94.1 Å². The van der Waals surface area contributed by atoms with Crippen LogP contribution < -0.4 is 0 Å². The number of hydrogen-bond donors (Lipinski definition) is 0. The van der Waals surface area contributed by atoms with Crippen molar-refractivity contribution in [3.63, 3.8) is 0 Å². The van der Waals surface area contributed by atoms with Gasteiger partial charge in [0.1, 0.15) is 0 Å². The predicted molar refractivity (Wildman–Crippen MR) is 266 cm³/mol. The Kier molecular flexibility index (Phi) is 35.7. The number of esters is 2. The van der Waals surface area contributed by atoms with E-state index in [2.05, 4.69) is 13.8 Å². The predicted octanol–water partition coefficient (Wildman–Crippen LogP) is 17.6. The van der Waals surface area contributed by atoms with Crippen molar-refractivity contribution >= 4 is 106 Å². The van der Waals surface area contributed by atoms with Gasteiger partial charge in [0.25, 0.3) is 0 Å². The first kappa shape index (κ1) is 53.1. The van der Waals surface area contributed by atoms with Gasteiger partial charge in [0.05, 0.1) is 51.1 Å². The van der Waals surface area contributed by atoms with Gasteiger partial charge in [0.15, 0.2) is 0 Å². The summed E-state index contributed by atoms with van der Waals surface area (Å²) in [6.45, 7) is 4.58. The Balaban J connectivity index is 1.75. The third kappa shape index (κ3) is 27.0. The quantitative estimate of drug-likeness (QED) is 0.0438. The van der Waals surface area contributed by atoms with Gasteiger partial charge in [-0.3, -0.25) is 9.59 Å². The van der Waals surface area contributed by atoms with Crippen molar-refractivity contribution in [2.24, 2.45) is 0 Å². The van der Waals surface area contributed by atoms with Gasteiger partial charge in [-0.15, -0.1) is 47.0 Å². The molecule has 2 heterocycles. The second-order valence-corrected chi connectivity index (χ2v) is 24.6. The fourth-order valence-electron chi connectivity index (χ4n) is 6.36. The smallest absolute Gasteiger partial charge is 0.316 e. The van der Waals surface area contributed by atoms with Crippen molar-refractivity contribution in [3.05, 3.63) is 25.4 Å². The first-order chi connectivity index (χ1) is 27.5. The first-order valence-corrected chi connectivity index (χ1v) is 29.3. The van der Waals surface area contributed by atoms with E-state index in [1.54, 1.807) is 23.5 Å². The fraction of sp³-hybridized carbons (Fsp3) is 0.818. The number of thioether (sulfide) groups is 8. The molecule has 2 aliphatic rings. The van der Waals surface area contributed by atoms with Crippen molar-refractivity contribution in [1.82, 2.24) is 0 Å². The molecule has 2 rings (SSSR count). The lowest BCUT2D eigenvalue weighted by atomic mass is 10.0. The van der Waals surface area contributed by atoms with Gasteiger partial charge in [0.2, 0.25) is 0 Å². The van der Waals surface area contributed by atoms with E-state index in [4.69, 9.17) is 9.47 Å². The zero-order valence-corrected chi connectivity index (χ0v) is 42.1. The Morgan fingerprint density at radius 1 is 0.375 bits per heavy atom. The fourth-order valence-corrected chi connectivity index (χ4v) is 18.1. The molecule has 56 heavy (non-hydrogen) atoms. The van der Waals surface area contributed by atoms with Crippen LogP contribution in [0.15, 0.2) is 25.4 Å². The van der Waals surface area contributed by atoms with E-state index in [-0.39, 0.29) is 11.9 Å². The maximum atomic E-state index is 12.1. The van der Waals surface area contributed by atoms with E-state index < -0.39 is 0 Å². The molecule has 0 aromatic heterocycles. The first-order valence-electron chi connectivity index (χ1n) is 22.1. The number of unbranched alkanes of at least 4 members (excludes halogenated alkanes) is 26. The summed E-state index contributed by atoms with van der Waals surface area (Å²) in [5.74, 6) is 2.55. The van der Waals surface area contributed by atoms with Crippen LogP contribution in [0.2, 0.25) is 0 Å². The van der Waals surface area contributed by atoms with Gasteiger partial charge in [-0.25, -0.2) is 0 Å². The number of rotatable bonds is 38. The maximum Gasteiger partial charge on any atom is 0.316 e. The molecule has 4 nitrogen and oxygen atoms in total. The number of carbonyl (C=O) groups is 2. The summed E-state index contributed by atoms with van der Waals surface area (Å²) in [5, 5.41) is 0. The molecule has 0 radical (unpaired) electrons. The van der Waals surface area contributed by atoms with Crippen molar-refractivity contribution in [3.8, 4) is 0 Å². The minimum absolute atomic E-state index is 0.180. The molecule has 0 bridgehead atoms. The summed E-state index contributed by atoms with van der Waals surface area (Å²) in [4.78, 5) is 24.2. The molecule has 0 saturated carbocycles. The van der Waals surface area contributed by atoms with Gasteiger partial charge in [-0.2, -0.15) is 0 Å². The van der Waals surface area contributed by atoms with Crippen LogP contribution in [-0.4, -0.2) is 49.2 Å². The largest absolute Gasteiger partial charge is 0.468 e. The molecule has 0 amide bonds. The van der Waals surface area contributed by atoms with Gasteiger partial charge in [-0.1, -0.05) is 228 Å². The van der Waals surface area contributed by atoms with Crippen molar-refractivity contribution in [2.45, 2.75) is 194 Å². The average molecular weight is 926 g/mol. The molecule has 0 aromatic carbocycles. The van der Waals surface area contributed by atoms with Crippen molar-refractivity contribution < 1.29 is 19.1 Å². The lowest BCUT2D eigenvalue weighted by molar-refractivity contribution is -0.138. The van der Waals surface area contributed by atoms with E-state index in [0.717, 1.165) is 11.5 Å². The SMILES string of the molecule is CCCCCCCCCCCCCCCCSC1=C(SCC(=O)OC)S/C(=C2\SC(SCCCCCCCCCCCCCCCC)=C(SCC(=O)OC)S2)S1. The van der Waals surface area contributed by atoms with Crippen LogP contribution in [0, 0.1) is 0 Å². The van der Waals surface area contributed by atoms with Crippen molar-refractivity contribution in [1.29, 1.82) is 0 Å². The normalized spacial score (nSPS) is 15.8. The lowest BCUT2D eigenvalue weighted by Gasteiger charge is -2.05. The molecule has 324 valence electrons. The minimum atomic E-state index is -0.180. The van der Waals surface area contributed by atoms with Crippen LogP contribution in [-0.2, 0) is 19.1 Å². The van der Waals surface area contributed by atoms with Gasteiger partial charge in [-0.05, 0) is 24.3 Å². The highest BCUT2D eigenvalue weighted by atomic mass is 32.3. The zero-order chi connectivity index (χ0) is 40.3. The Morgan fingerprint density at radius 3 is 0.857 bits per heavy atom. The molecule has 0 N–H and O–H groups in total. The number of ether oxygens (including phenoxy) is 2. The number of methoxy groups -OCH3 is 2. The highest BCUT2D eigenvalue weighted by Crippen LogP contribution is 2.66. The minimum Gasteiger partial charge on any atom is -0.468 e. The molecule has 0 spiro atoms. The Morgan fingerprint density at radius 2 is 0.607 bits per heavy atom. The maximum absolute atomic E-state index is 12.1. The number of carbonyl (C=O) groups excluding carboxylic acids is 2. The molecular formula is C44H76O4S8. The van der Waals surface area contributed by atoms with E-state index >= 15 is 0 Å². The van der Waals surface area contributed by atoms with Gasteiger partial charge >= 0.3 is 11.9 Å². The molecule has 0 unspecified atom stereocenters. The average Bonchev–Trinajstić information content (AvgIpc) is 3.82. The molecule has 0 aromatic rings. The third-order valence-corrected chi connectivity index (χ3v) is 21.5. The molecule has 0 atom stereocenters. The standard InChI is InChI=1S/C44H76O4S8/c1-5-7-9-11-13-15-17-19-21-23-25-27-29-31-33-49-39-41(51-35-37(45)47-3)55-43(53-39)44-54-40(42(56-44)52-36-38(46)48-4)50-34-32-30-28-26-24-22-20-18-16-14-12-10-8-6-2/h5-36H2,1-4H3/b44-43+. The van der Waals surface area contributed by atoms with E-state index in [0.29, 0.717) is 11.5 Å². The summed E-state index contributed by atoms with van der Waals surface area (Å²) in [5.41, 5.74) is 0. The zero-order valence-electron chi connectivity index (χ0n) is 35.5. The molecule has 0 aliphatic carbocycles. The Labute approximate surface area is 378 Å². The monoisotopic (exact) mass is 924 g/mol. The van der Waals surface area contributed by atoms with Crippen LogP contribution in [0.5, 0.6) is 0 Å². The topological polar surface area (TPSA) is 52.6 Å². The molecule has 12 heteroatoms.